The monoisotopic (exact) mass is 269 g/mol. The van der Waals surface area contributed by atoms with Gasteiger partial charge in [-0.2, -0.15) is 0 Å². The maximum absolute atomic E-state index is 4.69. The Morgan fingerprint density at radius 2 is 2.00 bits per heavy atom. The summed E-state index contributed by atoms with van der Waals surface area (Å²) in [5.41, 5.74) is 5.05. The van der Waals surface area contributed by atoms with Crippen molar-refractivity contribution in [1.82, 2.24) is 0 Å². The van der Waals surface area contributed by atoms with Crippen LogP contribution in [0.15, 0.2) is 52.7 Å². The van der Waals surface area contributed by atoms with Gasteiger partial charge in [-0.05, 0) is 57.4 Å². The van der Waals surface area contributed by atoms with Crippen molar-refractivity contribution in [3.8, 4) is 0 Å². The fourth-order valence-electron chi connectivity index (χ4n) is 3.38. The van der Waals surface area contributed by atoms with Crippen molar-refractivity contribution >= 4 is 5.71 Å². The first kappa shape index (κ1) is 15.0. The molecular weight excluding hydrogens is 242 g/mol. The molecule has 0 bridgehead atoms. The van der Waals surface area contributed by atoms with E-state index in [-0.39, 0.29) is 0 Å². The molecule has 1 unspecified atom stereocenters. The fraction of sp³-hybridized carbons (Fsp3) is 0.526. The minimum atomic E-state index is 0.707. The van der Waals surface area contributed by atoms with Crippen LogP contribution in [0.2, 0.25) is 0 Å². The van der Waals surface area contributed by atoms with Crippen LogP contribution < -0.4 is 0 Å². The summed E-state index contributed by atoms with van der Waals surface area (Å²) < 4.78 is 0. The highest BCUT2D eigenvalue weighted by molar-refractivity contribution is 6.03. The summed E-state index contributed by atoms with van der Waals surface area (Å²) in [6.45, 7) is 10.3. The first-order valence-electron chi connectivity index (χ1n) is 7.85. The Hall–Kier alpha value is -1.37. The molecule has 108 valence electrons. The van der Waals surface area contributed by atoms with Crippen LogP contribution in [0.5, 0.6) is 0 Å². The van der Waals surface area contributed by atoms with Crippen LogP contribution in [0.4, 0.5) is 0 Å². The van der Waals surface area contributed by atoms with Gasteiger partial charge in [-0.25, -0.2) is 0 Å². The Balaban J connectivity index is 2.14. The van der Waals surface area contributed by atoms with Crippen LogP contribution in [0.3, 0.4) is 0 Å². The van der Waals surface area contributed by atoms with Crippen molar-refractivity contribution in [2.24, 2.45) is 16.8 Å². The van der Waals surface area contributed by atoms with E-state index in [2.05, 4.69) is 49.8 Å². The van der Waals surface area contributed by atoms with Crippen LogP contribution in [0.1, 0.15) is 52.9 Å². The van der Waals surface area contributed by atoms with Gasteiger partial charge in [-0.3, -0.25) is 4.99 Å². The van der Waals surface area contributed by atoms with Crippen molar-refractivity contribution < 1.29 is 0 Å². The summed E-state index contributed by atoms with van der Waals surface area (Å²) in [7, 11) is 0. The molecule has 1 heterocycles. The van der Waals surface area contributed by atoms with Crippen molar-refractivity contribution in [1.29, 1.82) is 0 Å². The molecule has 1 aliphatic carbocycles. The molecule has 0 aromatic rings. The molecular formula is C19H27N. The van der Waals surface area contributed by atoms with Crippen molar-refractivity contribution in [2.75, 3.05) is 0 Å². The summed E-state index contributed by atoms with van der Waals surface area (Å²) in [6.07, 6.45) is 15.2. The Kier molecular flexibility index (Phi) is 5.17. The van der Waals surface area contributed by atoms with Crippen molar-refractivity contribution in [2.45, 2.75) is 52.9 Å². The van der Waals surface area contributed by atoms with Gasteiger partial charge in [-0.1, -0.05) is 48.8 Å². The minimum absolute atomic E-state index is 0.707. The molecule has 0 radical (unpaired) electrons. The molecule has 1 saturated carbocycles. The standard InChI is InChI=1S/C19H27N/c1-5-16(11-10-14(2)3)19-12-18(15(4)13-20-19)17-8-6-7-9-17/h5,10-11,13,17-18H,2,6-9,12H2,1,3-4H3/b11-10?,16-5-. The van der Waals surface area contributed by atoms with E-state index in [0.29, 0.717) is 5.92 Å². The maximum atomic E-state index is 4.69. The number of hydrogen-bond acceptors (Lipinski definition) is 1. The second kappa shape index (κ2) is 6.88. The number of aliphatic imine (C=N–C) groups is 1. The number of hydrogen-bond donors (Lipinski definition) is 0. The Bertz CT molecular complexity index is 482. The average molecular weight is 269 g/mol. The van der Waals surface area contributed by atoms with E-state index in [1.807, 2.05) is 6.92 Å². The van der Waals surface area contributed by atoms with Crippen molar-refractivity contribution in [3.63, 3.8) is 0 Å². The average Bonchev–Trinajstić information content (AvgIpc) is 2.94. The molecule has 1 nitrogen and oxygen atoms in total. The quantitative estimate of drug-likeness (QED) is 0.587. The summed E-state index contributed by atoms with van der Waals surface area (Å²) >= 11 is 0. The molecule has 0 N–H and O–H groups in total. The topological polar surface area (TPSA) is 12.4 Å². The van der Waals surface area contributed by atoms with Crippen molar-refractivity contribution in [3.05, 3.63) is 47.7 Å². The van der Waals surface area contributed by atoms with E-state index in [0.717, 1.165) is 17.9 Å². The predicted molar refractivity (Wildman–Crippen MR) is 89.0 cm³/mol. The van der Waals surface area contributed by atoms with Gasteiger partial charge in [0.2, 0.25) is 0 Å². The normalized spacial score (nSPS) is 24.9. The molecule has 2 rings (SSSR count). The van der Waals surface area contributed by atoms with Crippen LogP contribution in [-0.4, -0.2) is 5.71 Å². The van der Waals surface area contributed by atoms with Gasteiger partial charge in [0.25, 0.3) is 0 Å². The van der Waals surface area contributed by atoms with Gasteiger partial charge < -0.3 is 0 Å². The van der Waals surface area contributed by atoms with Gasteiger partial charge in [0.05, 0.1) is 0 Å². The molecule has 0 saturated heterocycles. The third-order valence-electron chi connectivity index (χ3n) is 4.58. The predicted octanol–water partition coefficient (Wildman–Crippen LogP) is 5.62. The van der Waals surface area contributed by atoms with Gasteiger partial charge in [0.15, 0.2) is 0 Å². The lowest BCUT2D eigenvalue weighted by atomic mass is 9.79. The number of rotatable bonds is 4. The molecule has 0 aromatic heterocycles. The Morgan fingerprint density at radius 3 is 2.60 bits per heavy atom. The van der Waals surface area contributed by atoms with Crippen LogP contribution in [-0.2, 0) is 0 Å². The number of nitrogens with zero attached hydrogens (tertiary/aromatic N) is 1. The van der Waals surface area contributed by atoms with Gasteiger partial charge in [-0.15, -0.1) is 0 Å². The van der Waals surface area contributed by atoms with E-state index in [1.54, 1.807) is 0 Å². The van der Waals surface area contributed by atoms with Crippen LogP contribution in [0.25, 0.3) is 0 Å². The summed E-state index contributed by atoms with van der Waals surface area (Å²) in [5, 5.41) is 0. The lowest BCUT2D eigenvalue weighted by molar-refractivity contribution is 0.394. The van der Waals surface area contributed by atoms with E-state index in [1.165, 1.54) is 42.5 Å². The zero-order valence-corrected chi connectivity index (χ0v) is 13.2. The molecule has 1 aliphatic heterocycles. The minimum Gasteiger partial charge on any atom is -0.261 e. The van der Waals surface area contributed by atoms with E-state index in [9.17, 15) is 0 Å². The molecule has 0 spiro atoms. The van der Waals surface area contributed by atoms with E-state index in [4.69, 9.17) is 0 Å². The van der Waals surface area contributed by atoms with Crippen LogP contribution >= 0.6 is 0 Å². The fourth-order valence-corrected chi connectivity index (χ4v) is 3.38. The molecule has 0 amide bonds. The van der Waals surface area contributed by atoms with Gasteiger partial charge >= 0.3 is 0 Å². The SMILES string of the molecule is C=C(C)C=C/C(=C/C)C1=NC=C(C)C(C2CCCC2)C1. The molecule has 1 atom stereocenters. The van der Waals surface area contributed by atoms with Crippen LogP contribution in [0, 0.1) is 11.8 Å². The third-order valence-corrected chi connectivity index (χ3v) is 4.58. The smallest absolute Gasteiger partial charge is 0.0478 e. The lowest BCUT2D eigenvalue weighted by Crippen LogP contribution is -2.21. The third kappa shape index (κ3) is 3.59. The first-order valence-corrected chi connectivity index (χ1v) is 7.85. The molecule has 1 fully saturated rings. The highest BCUT2D eigenvalue weighted by Crippen LogP contribution is 2.39. The molecule has 1 heteroatoms. The van der Waals surface area contributed by atoms with E-state index >= 15 is 0 Å². The largest absolute Gasteiger partial charge is 0.261 e. The van der Waals surface area contributed by atoms with Gasteiger partial charge in [0.1, 0.15) is 0 Å². The maximum Gasteiger partial charge on any atom is 0.0478 e. The molecule has 2 aliphatic rings. The molecule has 0 aromatic carbocycles. The second-order valence-corrected chi connectivity index (χ2v) is 6.23. The Morgan fingerprint density at radius 1 is 1.30 bits per heavy atom. The summed E-state index contributed by atoms with van der Waals surface area (Å²) in [6, 6.07) is 0. The summed E-state index contributed by atoms with van der Waals surface area (Å²) in [5.74, 6) is 1.58. The van der Waals surface area contributed by atoms with Gasteiger partial charge in [0, 0.05) is 11.9 Å². The second-order valence-electron chi connectivity index (χ2n) is 6.23. The highest BCUT2D eigenvalue weighted by Gasteiger charge is 2.29. The molecule has 20 heavy (non-hydrogen) atoms. The first-order chi connectivity index (χ1) is 9.61. The zero-order valence-electron chi connectivity index (χ0n) is 13.2. The zero-order chi connectivity index (χ0) is 14.5. The lowest BCUT2D eigenvalue weighted by Gasteiger charge is -2.27. The van der Waals surface area contributed by atoms with E-state index < -0.39 is 0 Å². The summed E-state index contributed by atoms with van der Waals surface area (Å²) in [4.78, 5) is 4.69. The highest BCUT2D eigenvalue weighted by atomic mass is 14.7. The number of allylic oxidation sites excluding steroid dienone is 6. The Labute approximate surface area is 123 Å².